The molecule has 1 aromatic heterocycles. The molecule has 1 amide bonds. The lowest BCUT2D eigenvalue weighted by molar-refractivity contribution is -0.145. The Balaban J connectivity index is 2.14. The van der Waals surface area contributed by atoms with Gasteiger partial charge in [0.05, 0.1) is 29.4 Å². The number of aliphatic carboxylic acids is 1. The standard InChI is InChI=1S/C11H15N3O3S/c1-11(5-3-2-4-7(11)10(16)17)13-9(15)8-6-12-18-14-8/h6-7H,2-5H2,1H3,(H,13,15)(H,16,17). The first-order valence-electron chi connectivity index (χ1n) is 5.86. The summed E-state index contributed by atoms with van der Waals surface area (Å²) in [5, 5.41) is 12.1. The molecule has 18 heavy (non-hydrogen) atoms. The quantitative estimate of drug-likeness (QED) is 0.863. The first kappa shape index (κ1) is 12.9. The first-order chi connectivity index (χ1) is 8.53. The van der Waals surface area contributed by atoms with Gasteiger partial charge in [-0.15, -0.1) is 0 Å². The van der Waals surface area contributed by atoms with Crippen molar-refractivity contribution in [2.24, 2.45) is 5.92 Å². The number of carbonyl (C=O) groups excluding carboxylic acids is 1. The lowest BCUT2D eigenvalue weighted by Gasteiger charge is -2.39. The van der Waals surface area contributed by atoms with E-state index in [2.05, 4.69) is 14.1 Å². The fourth-order valence-electron chi connectivity index (χ4n) is 2.47. The molecule has 0 radical (unpaired) electrons. The SMILES string of the molecule is CC1(NC(=O)c2cnsn2)CCCCC1C(=O)O. The van der Waals surface area contributed by atoms with Crippen molar-refractivity contribution in [2.45, 2.75) is 38.1 Å². The Kier molecular flexibility index (Phi) is 3.60. The van der Waals surface area contributed by atoms with Crippen molar-refractivity contribution >= 4 is 23.6 Å². The summed E-state index contributed by atoms with van der Waals surface area (Å²) in [6, 6.07) is 0. The van der Waals surface area contributed by atoms with E-state index in [9.17, 15) is 14.7 Å². The third-order valence-electron chi connectivity index (χ3n) is 3.50. The first-order valence-corrected chi connectivity index (χ1v) is 6.59. The Morgan fingerprint density at radius 1 is 1.56 bits per heavy atom. The molecular formula is C11H15N3O3S. The summed E-state index contributed by atoms with van der Waals surface area (Å²) in [6.45, 7) is 1.79. The lowest BCUT2D eigenvalue weighted by Crippen LogP contribution is -2.55. The van der Waals surface area contributed by atoms with Crippen LogP contribution in [-0.4, -0.2) is 31.3 Å². The maximum atomic E-state index is 11.9. The van der Waals surface area contributed by atoms with Crippen molar-refractivity contribution in [3.8, 4) is 0 Å². The summed E-state index contributed by atoms with van der Waals surface area (Å²) in [4.78, 5) is 23.2. The number of nitrogens with zero attached hydrogens (tertiary/aromatic N) is 2. The predicted octanol–water partition coefficient (Wildman–Crippen LogP) is 1.30. The van der Waals surface area contributed by atoms with Gasteiger partial charge in [-0.3, -0.25) is 9.59 Å². The predicted molar refractivity (Wildman–Crippen MR) is 65.4 cm³/mol. The third-order valence-corrected chi connectivity index (χ3v) is 3.98. The van der Waals surface area contributed by atoms with E-state index in [1.165, 1.54) is 6.20 Å². The number of rotatable bonds is 3. The second-order valence-electron chi connectivity index (χ2n) is 4.80. The number of hydrogen-bond donors (Lipinski definition) is 2. The normalized spacial score (nSPS) is 27.7. The van der Waals surface area contributed by atoms with E-state index in [1.54, 1.807) is 6.92 Å². The monoisotopic (exact) mass is 269 g/mol. The van der Waals surface area contributed by atoms with Gasteiger partial charge in [-0.1, -0.05) is 12.8 Å². The van der Waals surface area contributed by atoms with E-state index < -0.39 is 17.4 Å². The zero-order valence-electron chi connectivity index (χ0n) is 10.0. The molecule has 2 N–H and O–H groups in total. The van der Waals surface area contributed by atoms with Gasteiger partial charge in [0.1, 0.15) is 0 Å². The molecule has 0 bridgehead atoms. The van der Waals surface area contributed by atoms with E-state index in [0.29, 0.717) is 12.8 Å². The van der Waals surface area contributed by atoms with Crippen LogP contribution in [0.1, 0.15) is 43.1 Å². The van der Waals surface area contributed by atoms with Crippen LogP contribution in [0.4, 0.5) is 0 Å². The Labute approximate surface area is 109 Å². The van der Waals surface area contributed by atoms with Crippen molar-refractivity contribution in [3.63, 3.8) is 0 Å². The molecule has 0 aliphatic heterocycles. The molecule has 0 spiro atoms. The van der Waals surface area contributed by atoms with E-state index >= 15 is 0 Å². The zero-order valence-corrected chi connectivity index (χ0v) is 10.9. The van der Waals surface area contributed by atoms with Crippen molar-refractivity contribution < 1.29 is 14.7 Å². The van der Waals surface area contributed by atoms with Crippen molar-refractivity contribution in [1.29, 1.82) is 0 Å². The molecular weight excluding hydrogens is 254 g/mol. The van der Waals surface area contributed by atoms with Gasteiger partial charge in [-0.05, 0) is 19.8 Å². The minimum Gasteiger partial charge on any atom is -0.481 e. The topological polar surface area (TPSA) is 92.2 Å². The molecule has 0 aromatic carbocycles. The average molecular weight is 269 g/mol. The average Bonchev–Trinajstić information content (AvgIpc) is 2.81. The minimum absolute atomic E-state index is 0.246. The number of aromatic nitrogens is 2. The summed E-state index contributed by atoms with van der Waals surface area (Å²) in [7, 11) is 0. The van der Waals surface area contributed by atoms with Crippen LogP contribution < -0.4 is 5.32 Å². The summed E-state index contributed by atoms with van der Waals surface area (Å²) >= 11 is 0.959. The second-order valence-corrected chi connectivity index (χ2v) is 5.36. The molecule has 1 aliphatic rings. The highest BCUT2D eigenvalue weighted by molar-refractivity contribution is 6.99. The molecule has 7 heteroatoms. The van der Waals surface area contributed by atoms with E-state index in [-0.39, 0.29) is 11.6 Å². The molecule has 2 unspecified atom stereocenters. The smallest absolute Gasteiger partial charge is 0.308 e. The van der Waals surface area contributed by atoms with E-state index in [4.69, 9.17) is 0 Å². The van der Waals surface area contributed by atoms with Gasteiger partial charge in [0.2, 0.25) is 0 Å². The largest absolute Gasteiger partial charge is 0.481 e. The molecule has 2 atom stereocenters. The van der Waals surface area contributed by atoms with Crippen molar-refractivity contribution in [2.75, 3.05) is 0 Å². The molecule has 1 fully saturated rings. The Hall–Kier alpha value is -1.50. The number of hydrogen-bond acceptors (Lipinski definition) is 5. The molecule has 1 aromatic rings. The Morgan fingerprint density at radius 3 is 2.94 bits per heavy atom. The maximum Gasteiger partial charge on any atom is 0.308 e. The molecule has 6 nitrogen and oxygen atoms in total. The van der Waals surface area contributed by atoms with Gasteiger partial charge >= 0.3 is 5.97 Å². The Bertz CT molecular complexity index is 448. The molecule has 98 valence electrons. The number of amides is 1. The summed E-state index contributed by atoms with van der Waals surface area (Å²) in [6.07, 6.45) is 4.48. The zero-order chi connectivity index (χ0) is 13.2. The molecule has 1 aliphatic carbocycles. The highest BCUT2D eigenvalue weighted by atomic mass is 32.1. The van der Waals surface area contributed by atoms with Crippen LogP contribution in [0, 0.1) is 5.92 Å². The van der Waals surface area contributed by atoms with Crippen molar-refractivity contribution in [1.82, 2.24) is 14.1 Å². The second kappa shape index (κ2) is 5.01. The highest BCUT2D eigenvalue weighted by Gasteiger charge is 2.42. The van der Waals surface area contributed by atoms with Crippen LogP contribution in [0.25, 0.3) is 0 Å². The van der Waals surface area contributed by atoms with Gasteiger partial charge in [-0.2, -0.15) is 8.75 Å². The van der Waals surface area contributed by atoms with E-state index in [1.807, 2.05) is 0 Å². The van der Waals surface area contributed by atoms with Crippen molar-refractivity contribution in [3.05, 3.63) is 11.9 Å². The fraction of sp³-hybridized carbons (Fsp3) is 0.636. The van der Waals surface area contributed by atoms with Crippen LogP contribution >= 0.6 is 11.7 Å². The molecule has 2 rings (SSSR count). The molecule has 0 saturated heterocycles. The van der Waals surface area contributed by atoms with Crippen LogP contribution in [0.2, 0.25) is 0 Å². The van der Waals surface area contributed by atoms with Gasteiger partial charge < -0.3 is 10.4 Å². The molecule has 1 saturated carbocycles. The minimum atomic E-state index is -0.853. The number of carbonyl (C=O) groups is 2. The van der Waals surface area contributed by atoms with Gasteiger partial charge in [0.15, 0.2) is 5.69 Å². The van der Waals surface area contributed by atoms with E-state index in [0.717, 1.165) is 24.6 Å². The van der Waals surface area contributed by atoms with Crippen LogP contribution in [0.15, 0.2) is 6.20 Å². The summed E-state index contributed by atoms with van der Waals surface area (Å²) in [5.74, 6) is -1.74. The van der Waals surface area contributed by atoms with Gasteiger partial charge in [0.25, 0.3) is 5.91 Å². The Morgan fingerprint density at radius 2 is 2.33 bits per heavy atom. The highest BCUT2D eigenvalue weighted by Crippen LogP contribution is 2.34. The maximum absolute atomic E-state index is 11.9. The number of carboxylic acids is 1. The van der Waals surface area contributed by atoms with Crippen LogP contribution in [-0.2, 0) is 4.79 Å². The van der Waals surface area contributed by atoms with Gasteiger partial charge in [-0.25, -0.2) is 0 Å². The number of nitrogens with one attached hydrogen (secondary N) is 1. The fourth-order valence-corrected chi connectivity index (χ4v) is 2.88. The van der Waals surface area contributed by atoms with Crippen LogP contribution in [0.3, 0.4) is 0 Å². The summed E-state index contributed by atoms with van der Waals surface area (Å²) in [5.41, 5.74) is -0.457. The third kappa shape index (κ3) is 2.50. The lowest BCUT2D eigenvalue weighted by atomic mass is 9.74. The van der Waals surface area contributed by atoms with Crippen LogP contribution in [0.5, 0.6) is 0 Å². The molecule has 1 heterocycles. The number of carboxylic acid groups (broad SMARTS) is 1. The summed E-state index contributed by atoms with van der Waals surface area (Å²) < 4.78 is 7.62. The van der Waals surface area contributed by atoms with Gasteiger partial charge in [0, 0.05) is 0 Å².